The van der Waals surface area contributed by atoms with Crippen molar-refractivity contribution in [1.29, 1.82) is 0 Å². The largest absolute Gasteiger partial charge is 0.483 e. The van der Waals surface area contributed by atoms with Crippen molar-refractivity contribution in [3.63, 3.8) is 0 Å². The fourth-order valence-electron chi connectivity index (χ4n) is 1.99. The van der Waals surface area contributed by atoms with E-state index < -0.39 is 10.8 Å². The summed E-state index contributed by atoms with van der Waals surface area (Å²) in [5.74, 6) is 0.179. The number of amides is 1. The zero-order valence-electron chi connectivity index (χ0n) is 13.4. The third-order valence-corrected chi connectivity index (χ3v) is 3.44. The van der Waals surface area contributed by atoms with E-state index in [1.165, 1.54) is 12.3 Å². The van der Waals surface area contributed by atoms with Gasteiger partial charge in [0.1, 0.15) is 5.75 Å². The zero-order valence-corrected chi connectivity index (χ0v) is 13.4. The van der Waals surface area contributed by atoms with Crippen LogP contribution < -0.4 is 10.2 Å². The van der Waals surface area contributed by atoms with Crippen molar-refractivity contribution < 1.29 is 14.5 Å². The number of hydrazone groups is 1. The molecular formula is C17H17N3O4. The minimum atomic E-state index is -0.507. The molecule has 7 heteroatoms. The van der Waals surface area contributed by atoms with Crippen molar-refractivity contribution in [1.82, 2.24) is 5.43 Å². The molecule has 0 saturated carbocycles. The van der Waals surface area contributed by atoms with Gasteiger partial charge in [-0.05, 0) is 37.1 Å². The summed E-state index contributed by atoms with van der Waals surface area (Å²) in [6.45, 7) is 3.67. The van der Waals surface area contributed by atoms with Crippen LogP contribution >= 0.6 is 0 Å². The van der Waals surface area contributed by atoms with Crippen LogP contribution in [0, 0.1) is 24.0 Å². The van der Waals surface area contributed by atoms with Crippen molar-refractivity contribution in [3.05, 3.63) is 69.3 Å². The number of nitrogens with zero attached hydrogens (tertiary/aromatic N) is 2. The highest BCUT2D eigenvalue weighted by atomic mass is 16.6. The average Bonchev–Trinajstić information content (AvgIpc) is 2.56. The molecule has 0 aliphatic carbocycles. The first-order valence-corrected chi connectivity index (χ1v) is 7.23. The summed E-state index contributed by atoms with van der Waals surface area (Å²) in [6.07, 6.45) is 1.23. The van der Waals surface area contributed by atoms with Crippen molar-refractivity contribution in [2.45, 2.75) is 13.8 Å². The van der Waals surface area contributed by atoms with Crippen LogP contribution in [0.1, 0.15) is 16.7 Å². The molecule has 124 valence electrons. The second kappa shape index (κ2) is 7.87. The topological polar surface area (TPSA) is 93.8 Å². The van der Waals surface area contributed by atoms with Crippen LogP contribution in [0.2, 0.25) is 0 Å². The molecular weight excluding hydrogens is 310 g/mol. The molecule has 0 heterocycles. The molecule has 0 fully saturated rings. The fraction of sp³-hybridized carbons (Fsp3) is 0.176. The molecule has 2 rings (SSSR count). The summed E-state index contributed by atoms with van der Waals surface area (Å²) >= 11 is 0. The summed E-state index contributed by atoms with van der Waals surface area (Å²) in [6, 6.07) is 11.7. The Kier molecular flexibility index (Phi) is 5.62. The third kappa shape index (κ3) is 4.39. The minimum absolute atomic E-state index is 0.0814. The fourth-order valence-corrected chi connectivity index (χ4v) is 1.99. The molecule has 0 saturated heterocycles. The molecule has 0 unspecified atom stereocenters. The quantitative estimate of drug-likeness (QED) is 0.501. The Morgan fingerprint density at radius 1 is 1.25 bits per heavy atom. The van der Waals surface area contributed by atoms with E-state index in [1.54, 1.807) is 24.3 Å². The van der Waals surface area contributed by atoms with Gasteiger partial charge in [-0.3, -0.25) is 14.9 Å². The van der Waals surface area contributed by atoms with Gasteiger partial charge in [0.15, 0.2) is 6.61 Å². The van der Waals surface area contributed by atoms with Gasteiger partial charge in [-0.25, -0.2) is 5.43 Å². The number of nitrogens with one attached hydrogen (secondary N) is 1. The van der Waals surface area contributed by atoms with Gasteiger partial charge in [-0.2, -0.15) is 5.10 Å². The Balaban J connectivity index is 1.92. The highest BCUT2D eigenvalue weighted by Crippen LogP contribution is 2.20. The van der Waals surface area contributed by atoms with Crippen molar-refractivity contribution in [2.75, 3.05) is 6.61 Å². The van der Waals surface area contributed by atoms with E-state index in [4.69, 9.17) is 4.74 Å². The number of hydrogen-bond donors (Lipinski definition) is 1. The van der Waals surface area contributed by atoms with E-state index >= 15 is 0 Å². The Labute approximate surface area is 139 Å². The first kappa shape index (κ1) is 17.1. The van der Waals surface area contributed by atoms with Crippen LogP contribution in [-0.2, 0) is 4.79 Å². The molecule has 2 aromatic carbocycles. The third-order valence-electron chi connectivity index (χ3n) is 3.44. The highest BCUT2D eigenvalue weighted by molar-refractivity contribution is 5.86. The normalized spacial score (nSPS) is 10.6. The number of nitro groups is 1. The van der Waals surface area contributed by atoms with E-state index in [0.717, 1.165) is 11.1 Å². The van der Waals surface area contributed by atoms with E-state index in [2.05, 4.69) is 10.5 Å². The number of aryl methyl sites for hydroxylation is 1. The predicted octanol–water partition coefficient (Wildman–Crippen LogP) is 2.74. The molecule has 0 spiro atoms. The van der Waals surface area contributed by atoms with Gasteiger partial charge in [0.2, 0.25) is 0 Å². The molecule has 1 amide bonds. The predicted molar refractivity (Wildman–Crippen MR) is 90.2 cm³/mol. The van der Waals surface area contributed by atoms with Gasteiger partial charge in [0, 0.05) is 6.07 Å². The second-order valence-corrected chi connectivity index (χ2v) is 5.10. The van der Waals surface area contributed by atoms with Crippen LogP contribution in [0.25, 0.3) is 0 Å². The molecule has 0 aliphatic rings. The monoisotopic (exact) mass is 327 g/mol. The number of para-hydroxylation sites is 1. The summed E-state index contributed by atoms with van der Waals surface area (Å²) in [4.78, 5) is 22.1. The van der Waals surface area contributed by atoms with E-state index in [-0.39, 0.29) is 12.3 Å². The smallest absolute Gasteiger partial charge is 0.278 e. The summed E-state index contributed by atoms with van der Waals surface area (Å²) in [7, 11) is 0. The maximum atomic E-state index is 11.7. The molecule has 1 N–H and O–H groups in total. The SMILES string of the molecule is Cc1cccc(OCC(=O)NN=Cc2ccccc2[N+](=O)[O-])c1C. The molecule has 0 aromatic heterocycles. The first-order valence-electron chi connectivity index (χ1n) is 7.23. The van der Waals surface area contributed by atoms with Crippen LogP contribution in [-0.4, -0.2) is 23.7 Å². The van der Waals surface area contributed by atoms with E-state index in [0.29, 0.717) is 11.3 Å². The van der Waals surface area contributed by atoms with Crippen LogP contribution in [0.4, 0.5) is 5.69 Å². The molecule has 24 heavy (non-hydrogen) atoms. The number of nitro benzene ring substituents is 1. The van der Waals surface area contributed by atoms with Crippen LogP contribution in [0.15, 0.2) is 47.6 Å². The molecule has 0 atom stereocenters. The summed E-state index contributed by atoms with van der Waals surface area (Å²) < 4.78 is 5.45. The Morgan fingerprint density at radius 2 is 2.00 bits per heavy atom. The Bertz CT molecular complexity index is 787. The van der Waals surface area contributed by atoms with Gasteiger partial charge in [0.05, 0.1) is 16.7 Å². The maximum absolute atomic E-state index is 11.7. The molecule has 0 bridgehead atoms. The van der Waals surface area contributed by atoms with Crippen molar-refractivity contribution in [3.8, 4) is 5.75 Å². The zero-order chi connectivity index (χ0) is 17.5. The Morgan fingerprint density at radius 3 is 2.75 bits per heavy atom. The van der Waals surface area contributed by atoms with E-state index in [1.807, 2.05) is 26.0 Å². The second-order valence-electron chi connectivity index (χ2n) is 5.10. The van der Waals surface area contributed by atoms with Gasteiger partial charge >= 0.3 is 0 Å². The minimum Gasteiger partial charge on any atom is -0.483 e. The number of rotatable bonds is 6. The van der Waals surface area contributed by atoms with Crippen molar-refractivity contribution in [2.24, 2.45) is 5.10 Å². The highest BCUT2D eigenvalue weighted by Gasteiger charge is 2.10. The average molecular weight is 327 g/mol. The standard InChI is InChI=1S/C17H17N3O4/c1-12-6-5-9-16(13(12)2)24-11-17(21)19-18-10-14-7-3-4-8-15(14)20(22)23/h3-10H,11H2,1-2H3,(H,19,21). The lowest BCUT2D eigenvalue weighted by atomic mass is 10.1. The van der Waals surface area contributed by atoms with Crippen LogP contribution in [0.3, 0.4) is 0 Å². The van der Waals surface area contributed by atoms with Crippen molar-refractivity contribution >= 4 is 17.8 Å². The first-order chi connectivity index (χ1) is 11.5. The molecule has 7 nitrogen and oxygen atoms in total. The molecule has 2 aromatic rings. The number of hydrogen-bond acceptors (Lipinski definition) is 5. The lowest BCUT2D eigenvalue weighted by Crippen LogP contribution is -2.24. The number of carbonyl (C=O) groups excluding carboxylic acids is 1. The van der Waals surface area contributed by atoms with Gasteiger partial charge < -0.3 is 4.74 Å². The lowest BCUT2D eigenvalue weighted by Gasteiger charge is -2.09. The number of carbonyl (C=O) groups is 1. The Hall–Kier alpha value is -3.22. The van der Waals surface area contributed by atoms with Gasteiger partial charge in [-0.1, -0.05) is 24.3 Å². The summed E-state index contributed by atoms with van der Waals surface area (Å²) in [5.41, 5.74) is 4.55. The number of benzene rings is 2. The summed E-state index contributed by atoms with van der Waals surface area (Å²) in [5, 5.41) is 14.6. The van der Waals surface area contributed by atoms with Gasteiger partial charge in [-0.15, -0.1) is 0 Å². The molecule has 0 radical (unpaired) electrons. The van der Waals surface area contributed by atoms with Gasteiger partial charge in [0.25, 0.3) is 11.6 Å². The lowest BCUT2D eigenvalue weighted by molar-refractivity contribution is -0.385. The van der Waals surface area contributed by atoms with Crippen LogP contribution in [0.5, 0.6) is 5.75 Å². The molecule has 0 aliphatic heterocycles. The maximum Gasteiger partial charge on any atom is 0.278 e. The van der Waals surface area contributed by atoms with E-state index in [9.17, 15) is 14.9 Å². The number of ether oxygens (including phenoxy) is 1.